The van der Waals surface area contributed by atoms with Crippen LogP contribution >= 0.6 is 0 Å². The summed E-state index contributed by atoms with van der Waals surface area (Å²) in [5, 5.41) is 0. The first kappa shape index (κ1) is 13.3. The maximum atomic E-state index is 5.88. The molecule has 18 heavy (non-hydrogen) atoms. The average Bonchev–Trinajstić information content (AvgIpc) is 2.40. The molecular weight excluding hydrogens is 226 g/mol. The number of nitrogens with zero attached hydrogens (tertiary/aromatic N) is 2. The largest absolute Gasteiger partial charge is 0.383 e. The van der Waals surface area contributed by atoms with Crippen LogP contribution in [0.25, 0.3) is 0 Å². The van der Waals surface area contributed by atoms with Gasteiger partial charge in [0.2, 0.25) is 0 Å². The molecule has 0 spiro atoms. The van der Waals surface area contributed by atoms with Gasteiger partial charge < -0.3 is 10.5 Å². The Morgan fingerprint density at radius 2 is 2.44 bits per heavy atom. The number of piperidine rings is 1. The Morgan fingerprint density at radius 1 is 1.56 bits per heavy atom. The highest BCUT2D eigenvalue weighted by Gasteiger charge is 2.20. The third kappa shape index (κ3) is 3.68. The predicted octanol–water partition coefficient (Wildman–Crippen LogP) is 2.05. The van der Waals surface area contributed by atoms with E-state index in [0.717, 1.165) is 38.2 Å². The van der Waals surface area contributed by atoms with Crippen molar-refractivity contribution in [1.82, 2.24) is 9.88 Å². The van der Waals surface area contributed by atoms with Crippen LogP contribution in [0.15, 0.2) is 18.3 Å². The number of likely N-dealkylation sites (tertiary alicyclic amines) is 1. The van der Waals surface area contributed by atoms with Crippen LogP contribution in [0.1, 0.15) is 31.7 Å². The van der Waals surface area contributed by atoms with Crippen molar-refractivity contribution in [2.24, 2.45) is 0 Å². The average molecular weight is 249 g/mol. The van der Waals surface area contributed by atoms with E-state index in [2.05, 4.69) is 22.9 Å². The predicted molar refractivity (Wildman–Crippen MR) is 73.2 cm³/mol. The van der Waals surface area contributed by atoms with E-state index in [0.29, 0.717) is 11.9 Å². The highest BCUT2D eigenvalue weighted by molar-refractivity contribution is 5.38. The van der Waals surface area contributed by atoms with Gasteiger partial charge in [-0.15, -0.1) is 0 Å². The molecule has 4 heteroatoms. The number of aromatic nitrogens is 1. The lowest BCUT2D eigenvalue weighted by molar-refractivity contribution is -0.00219. The van der Waals surface area contributed by atoms with Crippen LogP contribution in [-0.2, 0) is 11.3 Å². The van der Waals surface area contributed by atoms with Crippen molar-refractivity contribution in [3.8, 4) is 0 Å². The van der Waals surface area contributed by atoms with Crippen molar-refractivity contribution in [2.75, 3.05) is 25.4 Å². The third-order valence-corrected chi connectivity index (χ3v) is 3.34. The highest BCUT2D eigenvalue weighted by Crippen LogP contribution is 2.18. The summed E-state index contributed by atoms with van der Waals surface area (Å²) in [6.07, 6.45) is 5.60. The SMILES string of the molecule is CCCOC1CCCN(Cc2cccnc2N)C1. The normalized spacial score (nSPS) is 21.1. The topological polar surface area (TPSA) is 51.4 Å². The molecule has 1 saturated heterocycles. The molecule has 0 aliphatic carbocycles. The van der Waals surface area contributed by atoms with E-state index in [1.54, 1.807) is 6.20 Å². The summed E-state index contributed by atoms with van der Waals surface area (Å²) in [7, 11) is 0. The maximum absolute atomic E-state index is 5.88. The summed E-state index contributed by atoms with van der Waals surface area (Å²) in [6, 6.07) is 4.00. The number of pyridine rings is 1. The Hall–Kier alpha value is -1.13. The molecule has 1 unspecified atom stereocenters. The van der Waals surface area contributed by atoms with E-state index in [9.17, 15) is 0 Å². The lowest BCUT2D eigenvalue weighted by Crippen LogP contribution is -2.39. The fourth-order valence-corrected chi connectivity index (χ4v) is 2.40. The number of rotatable bonds is 5. The fourth-order valence-electron chi connectivity index (χ4n) is 2.40. The molecule has 100 valence electrons. The second-order valence-electron chi connectivity index (χ2n) is 4.92. The summed E-state index contributed by atoms with van der Waals surface area (Å²) < 4.78 is 5.84. The van der Waals surface area contributed by atoms with Crippen molar-refractivity contribution in [3.05, 3.63) is 23.9 Å². The summed E-state index contributed by atoms with van der Waals surface area (Å²) in [6.45, 7) is 6.03. The van der Waals surface area contributed by atoms with Crippen LogP contribution in [0, 0.1) is 0 Å². The molecule has 1 atom stereocenters. The van der Waals surface area contributed by atoms with Gasteiger partial charge in [0.15, 0.2) is 0 Å². The first-order valence-corrected chi connectivity index (χ1v) is 6.83. The monoisotopic (exact) mass is 249 g/mol. The zero-order valence-corrected chi connectivity index (χ0v) is 11.1. The van der Waals surface area contributed by atoms with Crippen molar-refractivity contribution < 1.29 is 4.74 Å². The molecule has 1 aliphatic rings. The molecule has 0 saturated carbocycles. The molecule has 0 aromatic carbocycles. The van der Waals surface area contributed by atoms with Gasteiger partial charge in [0.1, 0.15) is 5.82 Å². The van der Waals surface area contributed by atoms with Crippen molar-refractivity contribution in [1.29, 1.82) is 0 Å². The summed E-state index contributed by atoms with van der Waals surface area (Å²) >= 11 is 0. The Bertz CT molecular complexity index is 370. The molecular formula is C14H23N3O. The van der Waals surface area contributed by atoms with Gasteiger partial charge in [-0.25, -0.2) is 4.98 Å². The second kappa shape index (κ2) is 6.71. The van der Waals surface area contributed by atoms with Crippen molar-refractivity contribution in [2.45, 2.75) is 38.8 Å². The molecule has 2 rings (SSSR count). The van der Waals surface area contributed by atoms with Crippen LogP contribution in [0.2, 0.25) is 0 Å². The minimum atomic E-state index is 0.386. The third-order valence-electron chi connectivity index (χ3n) is 3.34. The number of nitrogen functional groups attached to an aromatic ring is 1. The van der Waals surface area contributed by atoms with E-state index < -0.39 is 0 Å². The van der Waals surface area contributed by atoms with E-state index in [1.807, 2.05) is 6.07 Å². The summed E-state index contributed by atoms with van der Waals surface area (Å²) in [5.74, 6) is 0.647. The Kier molecular flexibility index (Phi) is 4.96. The lowest BCUT2D eigenvalue weighted by Gasteiger charge is -2.32. The lowest BCUT2D eigenvalue weighted by atomic mass is 10.1. The van der Waals surface area contributed by atoms with Crippen LogP contribution in [0.4, 0.5) is 5.82 Å². The molecule has 1 aromatic rings. The summed E-state index contributed by atoms with van der Waals surface area (Å²) in [4.78, 5) is 6.55. The van der Waals surface area contributed by atoms with E-state index >= 15 is 0 Å². The van der Waals surface area contributed by atoms with Gasteiger partial charge in [0.25, 0.3) is 0 Å². The van der Waals surface area contributed by atoms with Crippen LogP contribution in [0.5, 0.6) is 0 Å². The van der Waals surface area contributed by atoms with Gasteiger partial charge in [-0.05, 0) is 31.9 Å². The molecule has 4 nitrogen and oxygen atoms in total. The Balaban J connectivity index is 1.87. The standard InChI is InChI=1S/C14H23N3O/c1-2-9-18-13-6-4-8-17(11-13)10-12-5-3-7-16-14(12)15/h3,5,7,13H,2,4,6,8-11H2,1H3,(H2,15,16). The zero-order valence-electron chi connectivity index (χ0n) is 11.1. The highest BCUT2D eigenvalue weighted by atomic mass is 16.5. The van der Waals surface area contributed by atoms with E-state index in [1.165, 1.54) is 12.8 Å². The Morgan fingerprint density at radius 3 is 3.22 bits per heavy atom. The van der Waals surface area contributed by atoms with Gasteiger partial charge in [-0.3, -0.25) is 4.90 Å². The number of ether oxygens (including phenoxy) is 1. The van der Waals surface area contributed by atoms with Crippen LogP contribution < -0.4 is 5.73 Å². The number of anilines is 1. The first-order chi connectivity index (χ1) is 8.79. The molecule has 0 bridgehead atoms. The van der Waals surface area contributed by atoms with Gasteiger partial charge in [0.05, 0.1) is 6.10 Å². The zero-order chi connectivity index (χ0) is 12.8. The van der Waals surface area contributed by atoms with Gasteiger partial charge >= 0.3 is 0 Å². The van der Waals surface area contributed by atoms with Crippen molar-refractivity contribution in [3.63, 3.8) is 0 Å². The number of hydrogen-bond donors (Lipinski definition) is 1. The first-order valence-electron chi connectivity index (χ1n) is 6.83. The van der Waals surface area contributed by atoms with Gasteiger partial charge in [0, 0.05) is 31.5 Å². The van der Waals surface area contributed by atoms with Gasteiger partial charge in [-0.1, -0.05) is 13.0 Å². The molecule has 2 N–H and O–H groups in total. The van der Waals surface area contributed by atoms with Gasteiger partial charge in [-0.2, -0.15) is 0 Å². The second-order valence-corrected chi connectivity index (χ2v) is 4.92. The quantitative estimate of drug-likeness (QED) is 0.867. The van der Waals surface area contributed by atoms with E-state index in [-0.39, 0.29) is 0 Å². The number of hydrogen-bond acceptors (Lipinski definition) is 4. The molecule has 2 heterocycles. The summed E-state index contributed by atoms with van der Waals surface area (Å²) in [5.41, 5.74) is 7.00. The molecule has 1 aromatic heterocycles. The molecule has 0 radical (unpaired) electrons. The molecule has 1 fully saturated rings. The number of nitrogens with two attached hydrogens (primary N) is 1. The fraction of sp³-hybridized carbons (Fsp3) is 0.643. The van der Waals surface area contributed by atoms with E-state index in [4.69, 9.17) is 10.5 Å². The Labute approximate surface area is 109 Å². The minimum absolute atomic E-state index is 0.386. The minimum Gasteiger partial charge on any atom is -0.383 e. The smallest absolute Gasteiger partial charge is 0.127 e. The van der Waals surface area contributed by atoms with Crippen LogP contribution in [0.3, 0.4) is 0 Å². The van der Waals surface area contributed by atoms with Crippen LogP contribution in [-0.4, -0.2) is 35.7 Å². The molecule has 0 amide bonds. The van der Waals surface area contributed by atoms with Crippen molar-refractivity contribution >= 4 is 5.82 Å². The molecule has 1 aliphatic heterocycles. The maximum Gasteiger partial charge on any atom is 0.127 e.